The fourth-order valence-electron chi connectivity index (χ4n) is 3.63. The zero-order chi connectivity index (χ0) is 31.9. The number of rotatable bonds is 9. The van der Waals surface area contributed by atoms with E-state index in [1.807, 2.05) is 15.3 Å². The molecule has 0 saturated carbocycles. The lowest BCUT2D eigenvalue weighted by atomic mass is 10.7. The van der Waals surface area contributed by atoms with Crippen molar-refractivity contribution in [2.45, 2.75) is 30.2 Å². The van der Waals surface area contributed by atoms with Crippen LogP contribution >= 0.6 is 7.14 Å². The smallest absolute Gasteiger partial charge is 0.195 e. The average molecular weight is 717 g/mol. The molecular weight excluding hydrogens is 696 g/mol. The van der Waals surface area contributed by atoms with E-state index in [0.717, 1.165) is 0 Å². The molecule has 3 aromatic heterocycles. The van der Waals surface area contributed by atoms with Crippen molar-refractivity contribution in [2.75, 3.05) is 37.5 Å². The number of hydrogen-bond donors (Lipinski definition) is 3. The predicted molar refractivity (Wildman–Crippen MR) is 141 cm³/mol. The summed E-state index contributed by atoms with van der Waals surface area (Å²) in [4.78, 5) is 0. The summed E-state index contributed by atoms with van der Waals surface area (Å²) in [6, 6.07) is 0. The fourth-order valence-corrected chi connectivity index (χ4v) is 15.7. The summed E-state index contributed by atoms with van der Waals surface area (Å²) in [6.45, 7) is 0. The Balaban J connectivity index is 3.02. The summed E-state index contributed by atoms with van der Waals surface area (Å²) in [6.07, 6.45) is 2.77. The second-order valence-corrected chi connectivity index (χ2v) is 23.1. The Morgan fingerprint density at radius 1 is 0.415 bits per heavy atom. The fraction of sp³-hybridized carbons (Fsp3) is 0.400. The van der Waals surface area contributed by atoms with Gasteiger partial charge >= 0.3 is 0 Å². The molecule has 0 aromatic carbocycles. The number of nitrogens with one attached hydrogen (secondary N) is 3. The lowest BCUT2D eigenvalue weighted by molar-refractivity contribution is 0.584. The highest BCUT2D eigenvalue weighted by atomic mass is 32.2. The van der Waals surface area contributed by atoms with Crippen molar-refractivity contribution in [1.82, 2.24) is 30.6 Å². The second-order valence-electron chi connectivity index (χ2n) is 8.86. The molecule has 26 heteroatoms. The Bertz CT molecular complexity index is 1920. The maximum atomic E-state index is 15.6. The van der Waals surface area contributed by atoms with Crippen molar-refractivity contribution in [3.05, 3.63) is 0 Å². The molecule has 0 aliphatic rings. The van der Waals surface area contributed by atoms with Crippen LogP contribution in [0.1, 0.15) is 0 Å². The zero-order valence-corrected chi connectivity index (χ0v) is 27.3. The Hall–Kier alpha value is -2.44. The average Bonchev–Trinajstić information content (AvgIpc) is 3.46. The van der Waals surface area contributed by atoms with Crippen LogP contribution in [0.5, 0.6) is 0 Å². The summed E-state index contributed by atoms with van der Waals surface area (Å²) in [5.74, 6) is 0. The van der Waals surface area contributed by atoms with Crippen molar-refractivity contribution in [3.63, 3.8) is 0 Å². The summed E-state index contributed by atoms with van der Waals surface area (Å²) in [5.41, 5.74) is 0. The van der Waals surface area contributed by atoms with E-state index in [1.165, 1.54) is 0 Å². The molecule has 0 fully saturated rings. The van der Waals surface area contributed by atoms with E-state index in [9.17, 15) is 50.5 Å². The zero-order valence-electron chi connectivity index (χ0n) is 21.5. The van der Waals surface area contributed by atoms with Gasteiger partial charge in [0.1, 0.15) is 0 Å². The predicted octanol–water partition coefficient (Wildman–Crippen LogP) is -4.08. The molecule has 3 aromatic rings. The number of aromatic nitrogens is 6. The van der Waals surface area contributed by atoms with Crippen molar-refractivity contribution < 1.29 is 55.1 Å². The Labute approximate surface area is 234 Å². The van der Waals surface area contributed by atoms with Gasteiger partial charge in [0.2, 0.25) is 0 Å². The molecule has 3 N–H and O–H groups in total. The second kappa shape index (κ2) is 9.54. The minimum atomic E-state index is -5.99. The highest BCUT2D eigenvalue weighted by Gasteiger charge is 2.52. The molecule has 41 heavy (non-hydrogen) atoms. The quantitative estimate of drug-likeness (QED) is 0.177. The molecule has 0 saturated heterocycles. The minimum Gasteiger partial charge on any atom is -0.308 e. The monoisotopic (exact) mass is 716 g/mol. The molecule has 230 valence electrons. The Kier molecular flexibility index (Phi) is 7.69. The van der Waals surface area contributed by atoms with E-state index >= 15 is 4.57 Å². The third-order valence-corrected chi connectivity index (χ3v) is 15.3. The maximum absolute atomic E-state index is 15.6. The van der Waals surface area contributed by atoms with Crippen LogP contribution in [-0.4, -0.2) is 119 Å². The van der Waals surface area contributed by atoms with E-state index in [-0.39, 0.29) is 0 Å². The molecule has 3 heterocycles. The minimum absolute atomic E-state index is 0.456. The van der Waals surface area contributed by atoms with Gasteiger partial charge in [-0.15, -0.1) is 0 Å². The summed E-state index contributed by atoms with van der Waals surface area (Å²) in [7, 11) is -34.5. The van der Waals surface area contributed by atoms with Crippen LogP contribution in [0.3, 0.4) is 0 Å². The maximum Gasteiger partial charge on any atom is 0.195 e. The van der Waals surface area contributed by atoms with Crippen LogP contribution in [0, 0.1) is 0 Å². The van der Waals surface area contributed by atoms with Crippen LogP contribution in [0.4, 0.5) is 0 Å². The molecule has 0 radical (unpaired) electrons. The first-order chi connectivity index (χ1) is 18.0. The number of aromatic amines is 3. The molecule has 19 nitrogen and oxygen atoms in total. The van der Waals surface area contributed by atoms with E-state index < -0.39 is 112 Å². The molecule has 0 amide bonds. The molecule has 0 aliphatic heterocycles. The van der Waals surface area contributed by atoms with Crippen molar-refractivity contribution in [1.29, 1.82) is 0 Å². The molecule has 0 spiro atoms. The van der Waals surface area contributed by atoms with Gasteiger partial charge in [0, 0.05) is 37.5 Å². The lowest BCUT2D eigenvalue weighted by Crippen LogP contribution is -2.37. The largest absolute Gasteiger partial charge is 0.308 e. The van der Waals surface area contributed by atoms with E-state index in [1.54, 1.807) is 0 Å². The number of H-pyrrole nitrogens is 3. The van der Waals surface area contributed by atoms with E-state index in [2.05, 4.69) is 15.3 Å². The van der Waals surface area contributed by atoms with Gasteiger partial charge in [0.15, 0.2) is 96.3 Å². The standard InChI is InChI=1S/C15H21N6O13PS6/c1-36(23,24)10-7(11(17-16-10)37(2,25)26)35(22,8-12(38(3,27)28)18-19-13(8)39(4,29)30)9-14(40(5,31)32)20-21-15(9)41(6,33)34/h1-6H3,(H,16,17)(H,18,19)(H,20,21). The van der Waals surface area contributed by atoms with Gasteiger partial charge in [0.25, 0.3) is 0 Å². The molecule has 0 bridgehead atoms. The first-order valence-corrected chi connectivity index (χ1v) is 23.2. The molecule has 0 aliphatic carbocycles. The van der Waals surface area contributed by atoms with Crippen LogP contribution in [0.25, 0.3) is 0 Å². The van der Waals surface area contributed by atoms with Crippen LogP contribution in [0.2, 0.25) is 0 Å². The van der Waals surface area contributed by atoms with Gasteiger partial charge in [-0.2, -0.15) is 15.3 Å². The molecule has 0 atom stereocenters. The topological polar surface area (TPSA) is 308 Å². The van der Waals surface area contributed by atoms with Crippen molar-refractivity contribution in [2.24, 2.45) is 0 Å². The van der Waals surface area contributed by atoms with Gasteiger partial charge in [-0.3, -0.25) is 15.3 Å². The number of nitrogens with zero attached hydrogens (tertiary/aromatic N) is 3. The van der Waals surface area contributed by atoms with Crippen molar-refractivity contribution in [3.8, 4) is 0 Å². The first-order valence-electron chi connectivity index (χ1n) is 10.1. The third kappa shape index (κ3) is 5.79. The van der Waals surface area contributed by atoms with Gasteiger partial charge in [-0.1, -0.05) is 0 Å². The van der Waals surface area contributed by atoms with Gasteiger partial charge in [0.05, 0.1) is 15.9 Å². The van der Waals surface area contributed by atoms with Gasteiger partial charge < -0.3 is 4.57 Å². The van der Waals surface area contributed by atoms with Crippen LogP contribution in [-0.2, 0) is 63.6 Å². The molecule has 3 rings (SSSR count). The molecule has 0 unspecified atom stereocenters. The number of hydrogen-bond acceptors (Lipinski definition) is 16. The van der Waals surface area contributed by atoms with E-state index in [0.29, 0.717) is 37.5 Å². The first kappa shape index (κ1) is 33.1. The van der Waals surface area contributed by atoms with Crippen LogP contribution in [0.15, 0.2) is 30.2 Å². The van der Waals surface area contributed by atoms with E-state index in [4.69, 9.17) is 0 Å². The normalized spacial score (nSPS) is 14.4. The number of sulfone groups is 6. The molecular formula is C15H21N6O13PS6. The Morgan fingerprint density at radius 2 is 0.610 bits per heavy atom. The Morgan fingerprint density at radius 3 is 0.756 bits per heavy atom. The lowest BCUT2D eigenvalue weighted by Gasteiger charge is -2.21. The summed E-state index contributed by atoms with van der Waals surface area (Å²) < 4.78 is 169. The summed E-state index contributed by atoms with van der Waals surface area (Å²) in [5, 5.41) is 3.40. The highest BCUT2D eigenvalue weighted by Crippen LogP contribution is 2.51. The third-order valence-electron chi connectivity index (χ3n) is 5.14. The van der Waals surface area contributed by atoms with Crippen molar-refractivity contribution >= 4 is 82.1 Å². The highest BCUT2D eigenvalue weighted by molar-refractivity contribution is 7.99. The van der Waals surface area contributed by atoms with Crippen LogP contribution < -0.4 is 15.9 Å². The summed E-state index contributed by atoms with van der Waals surface area (Å²) >= 11 is 0. The van der Waals surface area contributed by atoms with Gasteiger partial charge in [-0.05, 0) is 0 Å². The van der Waals surface area contributed by atoms with Gasteiger partial charge in [-0.25, -0.2) is 50.5 Å². The SMILES string of the molecule is CS(=O)(=O)c1n[nH]c(S(C)(=O)=O)c1P(=O)(c1c(S(C)(=O)=O)n[nH]c1S(C)(=O)=O)c1c(S(C)(=O)=O)n[nH]c1S(C)(=O)=O.